The summed E-state index contributed by atoms with van der Waals surface area (Å²) in [5, 5.41) is 0. The van der Waals surface area contributed by atoms with Crippen LogP contribution in [0.5, 0.6) is 0 Å². The van der Waals surface area contributed by atoms with E-state index in [4.69, 9.17) is 0 Å². The van der Waals surface area contributed by atoms with E-state index in [1.165, 1.54) is 0 Å². The molecule has 0 N–H and O–H groups in total. The molecule has 0 atom stereocenters. The van der Waals surface area contributed by atoms with Gasteiger partial charge in [0.2, 0.25) is 0 Å². The highest BCUT2D eigenvalue weighted by Gasteiger charge is 2.32. The first kappa shape index (κ1) is 9.87. The molecular weight excluding hydrogens is 207 g/mol. The number of nitrogens with zero attached hydrogens (tertiary/aromatic N) is 2. The maximum Gasteiger partial charge on any atom is 0.273 e. The van der Waals surface area contributed by atoms with Gasteiger partial charge in [-0.3, -0.25) is 4.79 Å². The van der Waals surface area contributed by atoms with Gasteiger partial charge in [-0.1, -0.05) is 0 Å². The Morgan fingerprint density at radius 1 is 1.19 bits per heavy atom. The van der Waals surface area contributed by atoms with Gasteiger partial charge < -0.3 is 9.47 Å². The van der Waals surface area contributed by atoms with E-state index in [2.05, 4.69) is 0 Å². The molecule has 1 aromatic heterocycles. The first-order chi connectivity index (χ1) is 7.70. The average Bonchev–Trinajstić information content (AvgIpc) is 2.59. The zero-order chi connectivity index (χ0) is 11.3. The van der Waals surface area contributed by atoms with E-state index in [0.29, 0.717) is 12.2 Å². The highest BCUT2D eigenvalue weighted by Crippen LogP contribution is 2.31. The number of rotatable bonds is 0. The van der Waals surface area contributed by atoms with Gasteiger partial charge in [-0.25, -0.2) is 4.39 Å². The molecule has 3 nitrogen and oxygen atoms in total. The minimum atomic E-state index is -0.258. The molecule has 0 unspecified atom stereocenters. The highest BCUT2D eigenvalue weighted by molar-refractivity contribution is 5.94. The van der Waals surface area contributed by atoms with E-state index in [1.807, 2.05) is 4.57 Å². The van der Waals surface area contributed by atoms with Crippen LogP contribution in [0.2, 0.25) is 0 Å². The van der Waals surface area contributed by atoms with Crippen LogP contribution in [0.3, 0.4) is 0 Å². The van der Waals surface area contributed by atoms with Crippen molar-refractivity contribution >= 4 is 5.91 Å². The zero-order valence-electron chi connectivity index (χ0n) is 9.42. The van der Waals surface area contributed by atoms with Crippen LogP contribution in [0.4, 0.5) is 4.39 Å². The fourth-order valence-corrected chi connectivity index (χ4v) is 2.81. The van der Waals surface area contributed by atoms with Gasteiger partial charge in [-0.05, 0) is 25.7 Å². The summed E-state index contributed by atoms with van der Waals surface area (Å²) in [7, 11) is 1.73. The third-order valence-corrected chi connectivity index (χ3v) is 3.72. The van der Waals surface area contributed by atoms with E-state index >= 15 is 0 Å². The van der Waals surface area contributed by atoms with Gasteiger partial charge in [-0.15, -0.1) is 0 Å². The molecule has 0 fully saturated rings. The molecule has 0 radical (unpaired) electrons. The number of carbonyl (C=O) groups is 1. The van der Waals surface area contributed by atoms with Crippen molar-refractivity contribution in [3.63, 3.8) is 0 Å². The number of halogens is 1. The van der Waals surface area contributed by atoms with Crippen molar-refractivity contribution in [2.45, 2.75) is 32.2 Å². The van der Waals surface area contributed by atoms with Crippen LogP contribution in [0.25, 0.3) is 0 Å². The maximum atomic E-state index is 14.2. The molecular formula is C12H15FN2O. The molecule has 2 aliphatic rings. The van der Waals surface area contributed by atoms with Crippen LogP contribution < -0.4 is 0 Å². The predicted octanol–water partition coefficient (Wildman–Crippen LogP) is 1.59. The Labute approximate surface area is 93.8 Å². The fraction of sp³-hybridized carbons (Fsp3) is 0.583. The maximum absolute atomic E-state index is 14.2. The minimum absolute atomic E-state index is 0.168. The van der Waals surface area contributed by atoms with Crippen LogP contribution in [0, 0.1) is 5.82 Å². The summed E-state index contributed by atoms with van der Waals surface area (Å²) in [6, 6.07) is 0. The van der Waals surface area contributed by atoms with E-state index in [0.717, 1.165) is 43.5 Å². The molecule has 16 heavy (non-hydrogen) atoms. The minimum Gasteiger partial charge on any atom is -0.339 e. The third-order valence-electron chi connectivity index (χ3n) is 3.72. The monoisotopic (exact) mass is 222 g/mol. The van der Waals surface area contributed by atoms with Gasteiger partial charge in [0.1, 0.15) is 5.69 Å². The Morgan fingerprint density at radius 3 is 2.75 bits per heavy atom. The van der Waals surface area contributed by atoms with Gasteiger partial charge in [0, 0.05) is 31.4 Å². The Balaban J connectivity index is 2.20. The lowest BCUT2D eigenvalue weighted by molar-refractivity contribution is 0.0742. The van der Waals surface area contributed by atoms with Crippen LogP contribution >= 0.6 is 0 Å². The molecule has 3 rings (SSSR count). The fourth-order valence-electron chi connectivity index (χ4n) is 2.81. The van der Waals surface area contributed by atoms with Crippen LogP contribution in [-0.4, -0.2) is 29.0 Å². The Kier molecular flexibility index (Phi) is 2.06. The van der Waals surface area contributed by atoms with Gasteiger partial charge in [0.25, 0.3) is 5.91 Å². The molecule has 2 heterocycles. The molecule has 1 amide bonds. The summed E-state index contributed by atoms with van der Waals surface area (Å²) in [6.07, 6.45) is 3.86. The summed E-state index contributed by atoms with van der Waals surface area (Å²) in [5.74, 6) is -0.426. The summed E-state index contributed by atoms with van der Waals surface area (Å²) in [5.41, 5.74) is 2.16. The number of likely N-dealkylation sites (N-methyl/N-ethyl adjacent to an activating group) is 1. The van der Waals surface area contributed by atoms with Gasteiger partial charge in [0.05, 0.1) is 0 Å². The smallest absolute Gasteiger partial charge is 0.273 e. The Morgan fingerprint density at radius 2 is 1.94 bits per heavy atom. The van der Waals surface area contributed by atoms with Crippen molar-refractivity contribution in [2.75, 3.05) is 13.6 Å². The molecule has 1 aliphatic heterocycles. The van der Waals surface area contributed by atoms with Crippen molar-refractivity contribution in [1.82, 2.24) is 9.47 Å². The SMILES string of the molecule is CN1CCn2c3c(c(F)c2C1=O)CCCC3. The van der Waals surface area contributed by atoms with E-state index < -0.39 is 0 Å². The molecule has 0 saturated heterocycles. The normalized spacial score (nSPS) is 19.6. The zero-order valence-corrected chi connectivity index (χ0v) is 9.42. The van der Waals surface area contributed by atoms with Crippen LogP contribution in [0.15, 0.2) is 0 Å². The second kappa shape index (κ2) is 3.34. The van der Waals surface area contributed by atoms with Crippen molar-refractivity contribution in [1.29, 1.82) is 0 Å². The van der Waals surface area contributed by atoms with Crippen LogP contribution in [0.1, 0.15) is 34.6 Å². The lowest BCUT2D eigenvalue weighted by Gasteiger charge is -2.26. The van der Waals surface area contributed by atoms with Gasteiger partial charge in [-0.2, -0.15) is 0 Å². The van der Waals surface area contributed by atoms with Crippen molar-refractivity contribution < 1.29 is 9.18 Å². The van der Waals surface area contributed by atoms with Crippen molar-refractivity contribution in [3.8, 4) is 0 Å². The van der Waals surface area contributed by atoms with E-state index in [-0.39, 0.29) is 11.7 Å². The number of carbonyl (C=O) groups excluding carboxylic acids is 1. The second-order valence-electron chi connectivity index (χ2n) is 4.67. The predicted molar refractivity (Wildman–Crippen MR) is 58.0 cm³/mol. The lowest BCUT2D eigenvalue weighted by Crippen LogP contribution is -2.38. The summed E-state index contributed by atoms with van der Waals surface area (Å²) >= 11 is 0. The highest BCUT2D eigenvalue weighted by atomic mass is 19.1. The number of amides is 1. The summed E-state index contributed by atoms with van der Waals surface area (Å²) in [6.45, 7) is 1.43. The molecule has 4 heteroatoms. The topological polar surface area (TPSA) is 25.2 Å². The second-order valence-corrected chi connectivity index (χ2v) is 4.67. The number of aromatic nitrogens is 1. The quantitative estimate of drug-likeness (QED) is 0.654. The van der Waals surface area contributed by atoms with Crippen molar-refractivity contribution in [2.24, 2.45) is 0 Å². The molecule has 0 aromatic carbocycles. The first-order valence-corrected chi connectivity index (χ1v) is 5.85. The lowest BCUT2D eigenvalue weighted by atomic mass is 9.97. The largest absolute Gasteiger partial charge is 0.339 e. The molecule has 1 aliphatic carbocycles. The van der Waals surface area contributed by atoms with Gasteiger partial charge >= 0.3 is 0 Å². The Bertz CT molecular complexity index is 464. The number of hydrogen-bond acceptors (Lipinski definition) is 1. The average molecular weight is 222 g/mol. The summed E-state index contributed by atoms with van der Waals surface area (Å²) < 4.78 is 16.1. The number of fused-ring (bicyclic) bond motifs is 3. The van der Waals surface area contributed by atoms with E-state index in [9.17, 15) is 9.18 Å². The Hall–Kier alpha value is -1.32. The molecule has 1 aromatic rings. The molecule has 0 spiro atoms. The molecule has 86 valence electrons. The molecule has 0 bridgehead atoms. The third kappa shape index (κ3) is 1.16. The number of hydrogen-bond donors (Lipinski definition) is 0. The van der Waals surface area contributed by atoms with Gasteiger partial charge in [0.15, 0.2) is 5.82 Å². The summed E-state index contributed by atoms with van der Waals surface area (Å²) in [4.78, 5) is 13.5. The first-order valence-electron chi connectivity index (χ1n) is 5.85. The van der Waals surface area contributed by atoms with Crippen LogP contribution in [-0.2, 0) is 19.4 Å². The van der Waals surface area contributed by atoms with E-state index in [1.54, 1.807) is 11.9 Å². The van der Waals surface area contributed by atoms with Crippen molar-refractivity contribution in [3.05, 3.63) is 22.8 Å². The molecule has 0 saturated carbocycles. The standard InChI is InChI=1S/C12H15FN2O/c1-14-6-7-15-9-5-3-2-4-8(9)10(13)11(15)12(14)16/h2-7H2,1H3.